The smallest absolute Gasteiger partial charge is 0.224 e. The first-order valence-electron chi connectivity index (χ1n) is 7.42. The van der Waals surface area contributed by atoms with E-state index in [0.29, 0.717) is 13.1 Å². The number of nitrogens with one attached hydrogen (secondary N) is 2. The summed E-state index contributed by atoms with van der Waals surface area (Å²) in [5, 5.41) is 10.3. The number of pyridine rings is 1. The molecule has 2 N–H and O–H groups in total. The number of carbonyl (C=O) groups is 1. The van der Waals surface area contributed by atoms with Crippen molar-refractivity contribution >= 4 is 30.7 Å². The van der Waals surface area contributed by atoms with Crippen LogP contribution in [-0.2, 0) is 11.3 Å². The summed E-state index contributed by atoms with van der Waals surface area (Å²) in [6.07, 6.45) is 1.77. The van der Waals surface area contributed by atoms with Gasteiger partial charge in [-0.2, -0.15) is 5.10 Å². The number of nitrogens with zero attached hydrogens (tertiary/aromatic N) is 3. The molecule has 0 aliphatic heterocycles. The van der Waals surface area contributed by atoms with Gasteiger partial charge in [-0.05, 0) is 38.6 Å². The van der Waals surface area contributed by atoms with E-state index in [1.165, 1.54) is 0 Å². The average molecular weight is 374 g/mol. The summed E-state index contributed by atoms with van der Waals surface area (Å²) in [4.78, 5) is 16.3. The molecule has 8 heteroatoms. The van der Waals surface area contributed by atoms with Crippen LogP contribution < -0.4 is 10.6 Å². The Bertz CT molecular complexity index is 642. The third-order valence-corrected chi connectivity index (χ3v) is 3.46. The highest BCUT2D eigenvalue weighted by atomic mass is 35.5. The minimum absolute atomic E-state index is 0. The van der Waals surface area contributed by atoms with Crippen molar-refractivity contribution in [3.8, 4) is 5.82 Å². The molecule has 0 saturated heterocycles. The number of carbonyl (C=O) groups excluding carboxylic acids is 1. The first-order valence-corrected chi connectivity index (χ1v) is 7.42. The Morgan fingerprint density at radius 1 is 1.29 bits per heavy atom. The van der Waals surface area contributed by atoms with Crippen molar-refractivity contribution in [1.29, 1.82) is 0 Å². The fourth-order valence-corrected chi connectivity index (χ4v) is 2.27. The van der Waals surface area contributed by atoms with Crippen LogP contribution in [0.5, 0.6) is 0 Å². The predicted octanol–water partition coefficient (Wildman–Crippen LogP) is 2.20. The molecule has 0 saturated carbocycles. The summed E-state index contributed by atoms with van der Waals surface area (Å²) >= 11 is 0. The number of hydrogen-bond acceptors (Lipinski definition) is 4. The molecule has 0 bridgehead atoms. The quantitative estimate of drug-likeness (QED) is 0.813. The number of amides is 1. The highest BCUT2D eigenvalue weighted by Gasteiger charge is 2.11. The normalized spacial score (nSPS) is 11.2. The number of aromatic nitrogens is 3. The minimum atomic E-state index is -0.0491. The van der Waals surface area contributed by atoms with E-state index in [-0.39, 0.29) is 36.6 Å². The Hall–Kier alpha value is -1.63. The molecule has 0 fully saturated rings. The Balaban J connectivity index is 0.00000264. The third kappa shape index (κ3) is 5.78. The molecule has 1 amide bonds. The molecule has 24 heavy (non-hydrogen) atoms. The van der Waals surface area contributed by atoms with Gasteiger partial charge in [0.1, 0.15) is 0 Å². The lowest BCUT2D eigenvalue weighted by molar-refractivity contribution is -0.124. The fourth-order valence-electron chi connectivity index (χ4n) is 2.27. The lowest BCUT2D eigenvalue weighted by atomic mass is 10.1. The van der Waals surface area contributed by atoms with E-state index in [9.17, 15) is 4.79 Å². The predicted molar refractivity (Wildman–Crippen MR) is 100 cm³/mol. The highest BCUT2D eigenvalue weighted by Crippen LogP contribution is 2.10. The molecular formula is C16H25Cl2N5O. The molecule has 2 rings (SSSR count). The van der Waals surface area contributed by atoms with Crippen molar-refractivity contribution < 1.29 is 4.79 Å². The van der Waals surface area contributed by atoms with Crippen LogP contribution in [-0.4, -0.2) is 34.3 Å². The lowest BCUT2D eigenvalue weighted by Crippen LogP contribution is -2.33. The standard InChI is InChI=1S/C16H23N5O.2ClH/c1-11(8-17-4)16(22)19-10-14-5-6-15(18-9-14)21-13(3)7-12(2)20-21;;/h5-7,9,11,17H,8,10H2,1-4H3,(H,19,22);2*1H. The molecule has 0 aliphatic rings. The average Bonchev–Trinajstić information content (AvgIpc) is 2.84. The van der Waals surface area contributed by atoms with E-state index in [1.54, 1.807) is 6.20 Å². The van der Waals surface area contributed by atoms with Crippen LogP contribution in [0.4, 0.5) is 0 Å². The van der Waals surface area contributed by atoms with E-state index in [4.69, 9.17) is 0 Å². The van der Waals surface area contributed by atoms with Crippen molar-refractivity contribution in [2.45, 2.75) is 27.3 Å². The number of halogens is 2. The van der Waals surface area contributed by atoms with Crippen LogP contribution in [0, 0.1) is 19.8 Å². The maximum atomic E-state index is 11.9. The zero-order valence-corrected chi connectivity index (χ0v) is 16.0. The van der Waals surface area contributed by atoms with Gasteiger partial charge in [0.15, 0.2) is 5.82 Å². The minimum Gasteiger partial charge on any atom is -0.352 e. The Morgan fingerprint density at radius 2 is 2.00 bits per heavy atom. The molecule has 1 atom stereocenters. The van der Waals surface area contributed by atoms with Gasteiger partial charge >= 0.3 is 0 Å². The molecule has 1 unspecified atom stereocenters. The van der Waals surface area contributed by atoms with E-state index in [0.717, 1.165) is 22.8 Å². The van der Waals surface area contributed by atoms with Crippen molar-refractivity contribution in [1.82, 2.24) is 25.4 Å². The molecule has 0 aromatic carbocycles. The summed E-state index contributed by atoms with van der Waals surface area (Å²) < 4.78 is 1.81. The fraction of sp³-hybridized carbons (Fsp3) is 0.438. The van der Waals surface area contributed by atoms with E-state index >= 15 is 0 Å². The second kappa shape index (κ2) is 10.3. The first kappa shape index (κ1) is 22.4. The summed E-state index contributed by atoms with van der Waals surface area (Å²) in [6.45, 7) is 7.01. The third-order valence-electron chi connectivity index (χ3n) is 3.46. The van der Waals surface area contributed by atoms with Gasteiger partial charge in [0.25, 0.3) is 0 Å². The van der Waals surface area contributed by atoms with Crippen molar-refractivity contribution in [3.05, 3.63) is 41.3 Å². The van der Waals surface area contributed by atoms with Gasteiger partial charge in [0, 0.05) is 30.9 Å². The van der Waals surface area contributed by atoms with Gasteiger partial charge in [-0.25, -0.2) is 9.67 Å². The van der Waals surface area contributed by atoms with Crippen molar-refractivity contribution in [3.63, 3.8) is 0 Å². The van der Waals surface area contributed by atoms with Gasteiger partial charge in [-0.15, -0.1) is 24.8 Å². The molecule has 0 aliphatic carbocycles. The molecule has 2 heterocycles. The zero-order chi connectivity index (χ0) is 16.1. The van der Waals surface area contributed by atoms with Crippen LogP contribution in [0.25, 0.3) is 5.82 Å². The van der Waals surface area contributed by atoms with Crippen LogP contribution >= 0.6 is 24.8 Å². The molecule has 6 nitrogen and oxygen atoms in total. The zero-order valence-electron chi connectivity index (χ0n) is 14.4. The van der Waals surface area contributed by atoms with Crippen LogP contribution in [0.15, 0.2) is 24.4 Å². The van der Waals surface area contributed by atoms with Crippen LogP contribution in [0.1, 0.15) is 23.9 Å². The molecular weight excluding hydrogens is 349 g/mol. The van der Waals surface area contributed by atoms with E-state index < -0.39 is 0 Å². The largest absolute Gasteiger partial charge is 0.352 e. The number of rotatable bonds is 6. The summed E-state index contributed by atoms with van der Waals surface area (Å²) in [5.74, 6) is 0.771. The van der Waals surface area contributed by atoms with Crippen LogP contribution in [0.3, 0.4) is 0 Å². The van der Waals surface area contributed by atoms with Gasteiger partial charge in [-0.3, -0.25) is 4.79 Å². The monoisotopic (exact) mass is 373 g/mol. The van der Waals surface area contributed by atoms with Gasteiger partial charge in [0.05, 0.1) is 5.69 Å². The molecule has 2 aromatic rings. The van der Waals surface area contributed by atoms with E-state index in [2.05, 4.69) is 20.7 Å². The van der Waals surface area contributed by atoms with Gasteiger partial charge in [-0.1, -0.05) is 13.0 Å². The Morgan fingerprint density at radius 3 is 2.50 bits per heavy atom. The van der Waals surface area contributed by atoms with E-state index in [1.807, 2.05) is 50.7 Å². The second-order valence-electron chi connectivity index (χ2n) is 5.54. The van der Waals surface area contributed by atoms with Gasteiger partial charge in [0.2, 0.25) is 5.91 Å². The maximum absolute atomic E-state index is 11.9. The molecule has 0 radical (unpaired) electrons. The number of hydrogen-bond donors (Lipinski definition) is 2. The molecule has 2 aromatic heterocycles. The molecule has 134 valence electrons. The van der Waals surface area contributed by atoms with Gasteiger partial charge < -0.3 is 10.6 Å². The summed E-state index contributed by atoms with van der Waals surface area (Å²) in [7, 11) is 1.84. The lowest BCUT2D eigenvalue weighted by Gasteiger charge is -2.11. The second-order valence-corrected chi connectivity index (χ2v) is 5.54. The topological polar surface area (TPSA) is 71.8 Å². The highest BCUT2D eigenvalue weighted by molar-refractivity contribution is 5.85. The Labute approximate surface area is 155 Å². The Kier molecular flexibility index (Phi) is 9.58. The summed E-state index contributed by atoms with van der Waals surface area (Å²) in [5.41, 5.74) is 2.98. The maximum Gasteiger partial charge on any atom is 0.224 e. The number of aryl methyl sites for hydroxylation is 2. The van der Waals surface area contributed by atoms with Crippen LogP contribution in [0.2, 0.25) is 0 Å². The molecule has 0 spiro atoms. The first-order chi connectivity index (χ1) is 10.5. The van der Waals surface area contributed by atoms with Crippen molar-refractivity contribution in [2.24, 2.45) is 5.92 Å². The van der Waals surface area contributed by atoms with Crippen molar-refractivity contribution in [2.75, 3.05) is 13.6 Å². The summed E-state index contributed by atoms with van der Waals surface area (Å²) in [6, 6.07) is 5.89. The SMILES string of the molecule is CNCC(C)C(=O)NCc1ccc(-n2nc(C)cc2C)nc1.Cl.Cl.